The fourth-order valence-corrected chi connectivity index (χ4v) is 2.08. The molecule has 2 heterocycles. The summed E-state index contributed by atoms with van der Waals surface area (Å²) >= 11 is 0. The number of aryl methyl sites for hydroxylation is 1. The molecule has 0 aliphatic rings. The van der Waals surface area contributed by atoms with E-state index in [0.29, 0.717) is 12.5 Å². The Labute approximate surface area is 107 Å². The topological polar surface area (TPSA) is 72.5 Å². The van der Waals surface area contributed by atoms with E-state index in [-0.39, 0.29) is 0 Å². The van der Waals surface area contributed by atoms with Crippen LogP contribution in [0.25, 0.3) is 11.3 Å². The van der Waals surface area contributed by atoms with Crippen LogP contribution in [-0.2, 0) is 6.54 Å². The molecule has 0 fully saturated rings. The van der Waals surface area contributed by atoms with Gasteiger partial charge < -0.3 is 10.7 Å². The van der Waals surface area contributed by atoms with Crippen LogP contribution in [0.15, 0.2) is 18.6 Å². The summed E-state index contributed by atoms with van der Waals surface area (Å²) < 4.78 is 1.91. The third-order valence-corrected chi connectivity index (χ3v) is 3.17. The molecule has 2 aromatic heterocycles. The summed E-state index contributed by atoms with van der Waals surface area (Å²) in [5.41, 5.74) is 7.87. The molecule has 18 heavy (non-hydrogen) atoms. The number of imidazole rings is 1. The largest absolute Gasteiger partial charge is 0.342 e. The molecule has 3 N–H and O–H groups in total. The summed E-state index contributed by atoms with van der Waals surface area (Å²) in [6, 6.07) is 0. The van der Waals surface area contributed by atoms with Gasteiger partial charge in [-0.25, -0.2) is 4.98 Å². The van der Waals surface area contributed by atoms with Crippen molar-refractivity contribution >= 4 is 0 Å². The Balaban J connectivity index is 2.18. The Bertz CT molecular complexity index is 485. The van der Waals surface area contributed by atoms with E-state index in [1.165, 1.54) is 0 Å². The monoisotopic (exact) mass is 247 g/mol. The average Bonchev–Trinajstić information content (AvgIpc) is 3.03. The highest BCUT2D eigenvalue weighted by atomic mass is 15.3. The van der Waals surface area contributed by atoms with E-state index in [0.717, 1.165) is 36.5 Å². The summed E-state index contributed by atoms with van der Waals surface area (Å²) in [7, 11) is 0. The molecule has 0 bridgehead atoms. The lowest BCUT2D eigenvalue weighted by Crippen LogP contribution is -2.13. The molecule has 0 aliphatic heterocycles. The fourth-order valence-electron chi connectivity index (χ4n) is 2.08. The van der Waals surface area contributed by atoms with Crippen LogP contribution >= 0.6 is 0 Å². The van der Waals surface area contributed by atoms with Crippen molar-refractivity contribution in [2.75, 3.05) is 6.54 Å². The van der Waals surface area contributed by atoms with Crippen LogP contribution in [0.2, 0.25) is 0 Å². The maximum absolute atomic E-state index is 5.79. The lowest BCUT2D eigenvalue weighted by Gasteiger charge is -2.09. The number of rotatable bonds is 6. The van der Waals surface area contributed by atoms with E-state index in [1.54, 1.807) is 0 Å². The maximum Gasteiger partial charge on any atom is 0.110 e. The zero-order valence-corrected chi connectivity index (χ0v) is 11.1. The van der Waals surface area contributed by atoms with Gasteiger partial charge in [-0.3, -0.25) is 4.68 Å². The van der Waals surface area contributed by atoms with Gasteiger partial charge in [0.1, 0.15) is 5.82 Å². The average molecular weight is 247 g/mol. The molecule has 1 unspecified atom stereocenters. The van der Waals surface area contributed by atoms with Gasteiger partial charge in [-0.1, -0.05) is 13.3 Å². The first-order valence-electron chi connectivity index (χ1n) is 6.56. The van der Waals surface area contributed by atoms with Gasteiger partial charge in [0.2, 0.25) is 0 Å². The number of aromatic amines is 1. The van der Waals surface area contributed by atoms with Gasteiger partial charge in [0.15, 0.2) is 0 Å². The van der Waals surface area contributed by atoms with Crippen molar-refractivity contribution < 1.29 is 0 Å². The maximum atomic E-state index is 5.79. The van der Waals surface area contributed by atoms with Gasteiger partial charge in [0, 0.05) is 30.8 Å². The van der Waals surface area contributed by atoms with Crippen molar-refractivity contribution in [3.63, 3.8) is 0 Å². The summed E-state index contributed by atoms with van der Waals surface area (Å²) in [6.45, 7) is 5.75. The first-order valence-corrected chi connectivity index (χ1v) is 6.56. The van der Waals surface area contributed by atoms with Crippen LogP contribution in [0.1, 0.15) is 38.4 Å². The van der Waals surface area contributed by atoms with Crippen LogP contribution in [-0.4, -0.2) is 26.3 Å². The molecule has 0 aliphatic carbocycles. The molecule has 0 radical (unpaired) electrons. The van der Waals surface area contributed by atoms with Crippen molar-refractivity contribution in [1.29, 1.82) is 0 Å². The number of nitrogens with zero attached hydrogens (tertiary/aromatic N) is 3. The Kier molecular flexibility index (Phi) is 4.15. The van der Waals surface area contributed by atoms with Gasteiger partial charge in [0.05, 0.1) is 18.1 Å². The predicted octanol–water partition coefficient (Wildman–Crippen LogP) is 2.14. The molecule has 0 saturated carbocycles. The Morgan fingerprint density at radius 2 is 2.22 bits per heavy atom. The van der Waals surface area contributed by atoms with Crippen LogP contribution in [0.4, 0.5) is 0 Å². The molecule has 2 aromatic rings. The van der Waals surface area contributed by atoms with E-state index in [2.05, 4.69) is 28.9 Å². The molecule has 1 atom stereocenters. The van der Waals surface area contributed by atoms with Crippen LogP contribution in [0, 0.1) is 0 Å². The number of nitrogens with one attached hydrogen (secondary N) is 1. The molecule has 5 nitrogen and oxygen atoms in total. The van der Waals surface area contributed by atoms with Gasteiger partial charge >= 0.3 is 0 Å². The molecule has 5 heteroatoms. The van der Waals surface area contributed by atoms with E-state index < -0.39 is 0 Å². The lowest BCUT2D eigenvalue weighted by atomic mass is 10.0. The third-order valence-electron chi connectivity index (χ3n) is 3.17. The second kappa shape index (κ2) is 5.82. The van der Waals surface area contributed by atoms with Gasteiger partial charge in [0.25, 0.3) is 0 Å². The second-order valence-electron chi connectivity index (χ2n) is 4.49. The Morgan fingerprint density at radius 3 is 2.83 bits per heavy atom. The molecule has 98 valence electrons. The van der Waals surface area contributed by atoms with Gasteiger partial charge in [-0.15, -0.1) is 0 Å². The quantitative estimate of drug-likeness (QED) is 0.821. The minimum Gasteiger partial charge on any atom is -0.342 e. The van der Waals surface area contributed by atoms with Gasteiger partial charge in [-0.2, -0.15) is 5.10 Å². The van der Waals surface area contributed by atoms with E-state index in [4.69, 9.17) is 5.73 Å². The number of hydrogen-bond donors (Lipinski definition) is 2. The molecule has 0 aromatic carbocycles. The van der Waals surface area contributed by atoms with Crippen molar-refractivity contribution in [1.82, 2.24) is 19.7 Å². The first kappa shape index (κ1) is 12.8. The Hall–Kier alpha value is -1.62. The third kappa shape index (κ3) is 2.61. The highest BCUT2D eigenvalue weighted by Crippen LogP contribution is 2.21. The van der Waals surface area contributed by atoms with Crippen molar-refractivity contribution in [3.05, 3.63) is 24.4 Å². The first-order chi connectivity index (χ1) is 8.78. The van der Waals surface area contributed by atoms with Crippen molar-refractivity contribution in [3.8, 4) is 11.3 Å². The highest BCUT2D eigenvalue weighted by Gasteiger charge is 2.13. The summed E-state index contributed by atoms with van der Waals surface area (Å²) in [6.07, 6.45) is 7.93. The van der Waals surface area contributed by atoms with Gasteiger partial charge in [-0.05, 0) is 13.3 Å². The summed E-state index contributed by atoms with van der Waals surface area (Å²) in [5, 5.41) is 4.27. The smallest absolute Gasteiger partial charge is 0.110 e. The zero-order chi connectivity index (χ0) is 13.0. The standard InChI is InChI=1S/C13H21N5/c1-3-5-10(6-14)13-15-8-12(17-13)11-7-16-18(4-2)9-11/h7-10H,3-6,14H2,1-2H3,(H,15,17). The fraction of sp³-hybridized carbons (Fsp3) is 0.538. The van der Waals surface area contributed by atoms with E-state index in [9.17, 15) is 0 Å². The summed E-state index contributed by atoms with van der Waals surface area (Å²) in [5.74, 6) is 1.31. The minimum atomic E-state index is 0.324. The van der Waals surface area contributed by atoms with Crippen molar-refractivity contribution in [2.24, 2.45) is 5.73 Å². The number of nitrogens with two attached hydrogens (primary N) is 1. The van der Waals surface area contributed by atoms with Crippen molar-refractivity contribution in [2.45, 2.75) is 39.2 Å². The predicted molar refractivity (Wildman–Crippen MR) is 72.2 cm³/mol. The molecular formula is C13H21N5. The number of H-pyrrole nitrogens is 1. The molecule has 2 rings (SSSR count). The lowest BCUT2D eigenvalue weighted by molar-refractivity contribution is 0.595. The van der Waals surface area contributed by atoms with Crippen LogP contribution in [0.5, 0.6) is 0 Å². The normalized spacial score (nSPS) is 12.8. The molecule has 0 amide bonds. The SMILES string of the molecule is CCCC(CN)c1ncc(-c2cnn(CC)c2)[nH]1. The zero-order valence-electron chi connectivity index (χ0n) is 11.1. The highest BCUT2D eigenvalue weighted by molar-refractivity contribution is 5.56. The number of hydrogen-bond acceptors (Lipinski definition) is 3. The van der Waals surface area contributed by atoms with Crippen LogP contribution in [0.3, 0.4) is 0 Å². The Morgan fingerprint density at radius 1 is 1.39 bits per heavy atom. The molecular weight excluding hydrogens is 226 g/mol. The molecule has 0 spiro atoms. The van der Waals surface area contributed by atoms with Crippen LogP contribution < -0.4 is 5.73 Å². The second-order valence-corrected chi connectivity index (χ2v) is 4.49. The van der Waals surface area contributed by atoms with E-state index >= 15 is 0 Å². The summed E-state index contributed by atoms with van der Waals surface area (Å²) in [4.78, 5) is 7.80. The minimum absolute atomic E-state index is 0.324. The molecule has 0 saturated heterocycles. The number of aromatic nitrogens is 4. The van der Waals surface area contributed by atoms with E-state index in [1.807, 2.05) is 23.3 Å².